The van der Waals surface area contributed by atoms with Gasteiger partial charge in [-0.25, -0.2) is 4.98 Å². The minimum absolute atomic E-state index is 0.481. The number of nitrogens with one attached hydrogen (secondary N) is 2. The van der Waals surface area contributed by atoms with Crippen LogP contribution in [0.2, 0.25) is 0 Å². The fourth-order valence-corrected chi connectivity index (χ4v) is 3.51. The molecule has 1 saturated carbocycles. The average molecular weight is 359 g/mol. The van der Waals surface area contributed by atoms with Crippen molar-refractivity contribution in [1.82, 2.24) is 15.0 Å². The molecule has 2 N–H and O–H groups in total. The monoisotopic (exact) mass is 359 g/mol. The fourth-order valence-electron chi connectivity index (χ4n) is 3.51. The van der Waals surface area contributed by atoms with E-state index in [1.165, 1.54) is 31.2 Å². The molecular formula is C22H25N5. The first-order chi connectivity index (χ1) is 13.4. The third-order valence-corrected chi connectivity index (χ3v) is 4.95. The molecule has 5 heteroatoms. The molecule has 5 nitrogen and oxygen atoms in total. The number of anilines is 2. The van der Waals surface area contributed by atoms with Crippen LogP contribution in [0.4, 0.5) is 11.8 Å². The first-order valence-corrected chi connectivity index (χ1v) is 9.71. The largest absolute Gasteiger partial charge is 0.370 e. The Morgan fingerprint density at radius 3 is 2.48 bits per heavy atom. The van der Waals surface area contributed by atoms with Gasteiger partial charge in [-0.1, -0.05) is 43.2 Å². The second-order valence-corrected chi connectivity index (χ2v) is 6.99. The third-order valence-electron chi connectivity index (χ3n) is 4.95. The van der Waals surface area contributed by atoms with Crippen LogP contribution in [0.3, 0.4) is 0 Å². The molecule has 0 bridgehead atoms. The molecule has 0 amide bonds. The topological polar surface area (TPSA) is 62.7 Å². The lowest BCUT2D eigenvalue weighted by molar-refractivity contribution is 0.744. The summed E-state index contributed by atoms with van der Waals surface area (Å²) in [7, 11) is 0. The zero-order chi connectivity index (χ0) is 18.3. The van der Waals surface area contributed by atoms with E-state index in [2.05, 4.69) is 39.9 Å². The number of pyridine rings is 1. The van der Waals surface area contributed by atoms with Gasteiger partial charge in [0.2, 0.25) is 5.95 Å². The summed E-state index contributed by atoms with van der Waals surface area (Å²) in [5, 5.41) is 6.98. The molecule has 1 aromatic carbocycles. The minimum atomic E-state index is 0.481. The molecule has 1 aliphatic rings. The Labute approximate surface area is 160 Å². The summed E-state index contributed by atoms with van der Waals surface area (Å²) in [6.45, 7) is 0.833. The number of hydrogen-bond acceptors (Lipinski definition) is 5. The third kappa shape index (κ3) is 4.82. The Hall–Kier alpha value is -2.95. The molecule has 138 valence electrons. The van der Waals surface area contributed by atoms with Crippen LogP contribution in [0.15, 0.2) is 60.9 Å². The maximum Gasteiger partial charge on any atom is 0.225 e. The summed E-state index contributed by atoms with van der Waals surface area (Å²) in [4.78, 5) is 13.6. The van der Waals surface area contributed by atoms with Crippen LogP contribution >= 0.6 is 0 Å². The van der Waals surface area contributed by atoms with Crippen molar-refractivity contribution in [1.29, 1.82) is 0 Å². The van der Waals surface area contributed by atoms with Crippen molar-refractivity contribution in [3.05, 3.63) is 66.5 Å². The van der Waals surface area contributed by atoms with Crippen molar-refractivity contribution in [2.24, 2.45) is 0 Å². The SMILES string of the molecule is c1ccc(CCNc2cc(-c3ccncc3)nc(NC3CCCC3)n2)cc1. The second-order valence-electron chi connectivity index (χ2n) is 6.99. The number of hydrogen-bond donors (Lipinski definition) is 2. The van der Waals surface area contributed by atoms with E-state index in [1.807, 2.05) is 24.3 Å². The Morgan fingerprint density at radius 1 is 0.926 bits per heavy atom. The maximum absolute atomic E-state index is 4.74. The molecule has 0 unspecified atom stereocenters. The van der Waals surface area contributed by atoms with Gasteiger partial charge in [0.1, 0.15) is 5.82 Å². The highest BCUT2D eigenvalue weighted by atomic mass is 15.2. The van der Waals surface area contributed by atoms with E-state index in [9.17, 15) is 0 Å². The summed E-state index contributed by atoms with van der Waals surface area (Å²) in [5.74, 6) is 1.56. The van der Waals surface area contributed by atoms with Gasteiger partial charge in [-0.05, 0) is 37.0 Å². The first-order valence-electron chi connectivity index (χ1n) is 9.71. The molecular weight excluding hydrogens is 334 g/mol. The van der Waals surface area contributed by atoms with Gasteiger partial charge in [-0.3, -0.25) is 4.98 Å². The minimum Gasteiger partial charge on any atom is -0.370 e. The lowest BCUT2D eigenvalue weighted by atomic mass is 10.1. The molecule has 3 aromatic rings. The average Bonchev–Trinajstić information content (AvgIpc) is 3.22. The Morgan fingerprint density at radius 2 is 1.70 bits per heavy atom. The van der Waals surface area contributed by atoms with Gasteiger partial charge in [0.05, 0.1) is 5.69 Å². The van der Waals surface area contributed by atoms with Crippen LogP contribution in [0.25, 0.3) is 11.3 Å². The predicted octanol–water partition coefficient (Wildman–Crippen LogP) is 4.55. The van der Waals surface area contributed by atoms with Crippen LogP contribution in [-0.2, 0) is 6.42 Å². The van der Waals surface area contributed by atoms with Gasteiger partial charge in [-0.15, -0.1) is 0 Å². The first kappa shape index (κ1) is 17.5. The van der Waals surface area contributed by atoms with E-state index in [0.717, 1.165) is 30.0 Å². The molecule has 0 atom stereocenters. The zero-order valence-corrected chi connectivity index (χ0v) is 15.4. The molecule has 0 radical (unpaired) electrons. The number of nitrogens with zero attached hydrogens (tertiary/aromatic N) is 3. The summed E-state index contributed by atoms with van der Waals surface area (Å²) in [5.41, 5.74) is 3.28. The summed E-state index contributed by atoms with van der Waals surface area (Å²) < 4.78 is 0. The molecule has 27 heavy (non-hydrogen) atoms. The van der Waals surface area contributed by atoms with Crippen molar-refractivity contribution in [3.63, 3.8) is 0 Å². The normalized spacial score (nSPS) is 14.2. The number of rotatable bonds is 7. The van der Waals surface area contributed by atoms with Gasteiger partial charge < -0.3 is 10.6 Å². The highest BCUT2D eigenvalue weighted by molar-refractivity contribution is 5.64. The van der Waals surface area contributed by atoms with Crippen LogP contribution in [-0.4, -0.2) is 27.5 Å². The molecule has 2 heterocycles. The molecule has 1 aliphatic carbocycles. The van der Waals surface area contributed by atoms with Gasteiger partial charge in [0.15, 0.2) is 0 Å². The van der Waals surface area contributed by atoms with Crippen LogP contribution in [0, 0.1) is 0 Å². The van der Waals surface area contributed by atoms with Crippen LogP contribution in [0.1, 0.15) is 31.2 Å². The molecule has 0 aliphatic heterocycles. The quantitative estimate of drug-likeness (QED) is 0.648. The van der Waals surface area contributed by atoms with Crippen molar-refractivity contribution in [2.75, 3.05) is 17.2 Å². The Balaban J connectivity index is 1.51. The van der Waals surface area contributed by atoms with Crippen molar-refractivity contribution in [3.8, 4) is 11.3 Å². The lowest BCUT2D eigenvalue weighted by Crippen LogP contribution is -2.17. The van der Waals surface area contributed by atoms with Crippen LogP contribution < -0.4 is 10.6 Å². The van der Waals surface area contributed by atoms with Gasteiger partial charge in [-0.2, -0.15) is 4.98 Å². The van der Waals surface area contributed by atoms with E-state index in [1.54, 1.807) is 12.4 Å². The zero-order valence-electron chi connectivity index (χ0n) is 15.4. The van der Waals surface area contributed by atoms with Crippen molar-refractivity contribution in [2.45, 2.75) is 38.1 Å². The van der Waals surface area contributed by atoms with Gasteiger partial charge in [0, 0.05) is 36.6 Å². The van der Waals surface area contributed by atoms with Crippen molar-refractivity contribution < 1.29 is 0 Å². The van der Waals surface area contributed by atoms with Crippen LogP contribution in [0.5, 0.6) is 0 Å². The lowest BCUT2D eigenvalue weighted by Gasteiger charge is -2.15. The van der Waals surface area contributed by atoms with Gasteiger partial charge >= 0.3 is 0 Å². The van der Waals surface area contributed by atoms with E-state index in [4.69, 9.17) is 9.97 Å². The standard InChI is InChI=1S/C22H25N5/c1-2-6-17(7-3-1)10-15-24-21-16-20(18-11-13-23-14-12-18)26-22(27-21)25-19-8-4-5-9-19/h1-3,6-7,11-14,16,19H,4-5,8-10,15H2,(H2,24,25,26,27). The fraction of sp³-hybridized carbons (Fsp3) is 0.318. The van der Waals surface area contributed by atoms with E-state index < -0.39 is 0 Å². The maximum atomic E-state index is 4.74. The van der Waals surface area contributed by atoms with E-state index in [-0.39, 0.29) is 0 Å². The number of aromatic nitrogens is 3. The number of benzene rings is 1. The molecule has 0 spiro atoms. The molecule has 4 rings (SSSR count). The van der Waals surface area contributed by atoms with E-state index >= 15 is 0 Å². The summed E-state index contributed by atoms with van der Waals surface area (Å²) in [6.07, 6.45) is 9.50. The summed E-state index contributed by atoms with van der Waals surface area (Å²) >= 11 is 0. The second kappa shape index (κ2) is 8.62. The molecule has 2 aromatic heterocycles. The summed E-state index contributed by atoms with van der Waals surface area (Å²) in [6, 6.07) is 17.0. The van der Waals surface area contributed by atoms with E-state index in [0.29, 0.717) is 12.0 Å². The molecule has 0 saturated heterocycles. The van der Waals surface area contributed by atoms with Crippen molar-refractivity contribution >= 4 is 11.8 Å². The molecule has 1 fully saturated rings. The highest BCUT2D eigenvalue weighted by Gasteiger charge is 2.16. The van der Waals surface area contributed by atoms with Gasteiger partial charge in [0.25, 0.3) is 0 Å². The Kier molecular flexibility index (Phi) is 5.58. The highest BCUT2D eigenvalue weighted by Crippen LogP contribution is 2.24. The smallest absolute Gasteiger partial charge is 0.225 e. The Bertz CT molecular complexity index is 845. The predicted molar refractivity (Wildman–Crippen MR) is 110 cm³/mol.